The van der Waals surface area contributed by atoms with Crippen molar-refractivity contribution in [1.82, 2.24) is 4.90 Å². The molecule has 0 aliphatic carbocycles. The van der Waals surface area contributed by atoms with Crippen molar-refractivity contribution < 1.29 is 19.2 Å². The molecule has 0 saturated carbocycles. The molecule has 0 spiro atoms. The van der Waals surface area contributed by atoms with Crippen LogP contribution in [0.1, 0.15) is 35.7 Å². The fourth-order valence-electron chi connectivity index (χ4n) is 3.36. The van der Waals surface area contributed by atoms with E-state index in [-0.39, 0.29) is 29.3 Å². The molecular formula is C21H22ClN3O5. The van der Waals surface area contributed by atoms with Gasteiger partial charge in [0.2, 0.25) is 0 Å². The van der Waals surface area contributed by atoms with E-state index in [1.807, 2.05) is 0 Å². The van der Waals surface area contributed by atoms with Gasteiger partial charge in [-0.3, -0.25) is 14.9 Å². The molecule has 0 atom stereocenters. The molecule has 1 amide bonds. The fraction of sp³-hybridized carbons (Fsp3) is 0.333. The molecule has 0 unspecified atom stereocenters. The van der Waals surface area contributed by atoms with Gasteiger partial charge >= 0.3 is 6.09 Å². The summed E-state index contributed by atoms with van der Waals surface area (Å²) in [6.07, 6.45) is 0.883. The number of benzene rings is 2. The van der Waals surface area contributed by atoms with E-state index >= 15 is 0 Å². The first-order valence-corrected chi connectivity index (χ1v) is 10.0. The van der Waals surface area contributed by atoms with E-state index in [2.05, 4.69) is 5.32 Å². The van der Waals surface area contributed by atoms with Crippen LogP contribution in [0.2, 0.25) is 5.02 Å². The highest BCUT2D eigenvalue weighted by molar-refractivity contribution is 6.30. The lowest BCUT2D eigenvalue weighted by molar-refractivity contribution is -0.384. The zero-order valence-electron chi connectivity index (χ0n) is 16.5. The minimum atomic E-state index is -0.480. The second kappa shape index (κ2) is 9.58. The number of nitro groups is 1. The first kappa shape index (κ1) is 21.6. The Labute approximate surface area is 178 Å². The van der Waals surface area contributed by atoms with Crippen LogP contribution >= 0.6 is 11.6 Å². The minimum absolute atomic E-state index is 0.0599. The van der Waals surface area contributed by atoms with Crippen molar-refractivity contribution >= 4 is 34.9 Å². The number of ketones is 1. The van der Waals surface area contributed by atoms with E-state index in [0.29, 0.717) is 48.7 Å². The topological polar surface area (TPSA) is 102 Å². The Morgan fingerprint density at radius 2 is 1.80 bits per heavy atom. The first-order valence-electron chi connectivity index (χ1n) is 9.66. The Balaban J connectivity index is 1.76. The summed E-state index contributed by atoms with van der Waals surface area (Å²) in [7, 11) is 0. The summed E-state index contributed by atoms with van der Waals surface area (Å²) < 4.78 is 5.01. The third-order valence-corrected chi connectivity index (χ3v) is 5.19. The van der Waals surface area contributed by atoms with Crippen LogP contribution in [0.4, 0.5) is 16.2 Å². The summed E-state index contributed by atoms with van der Waals surface area (Å²) in [6, 6.07) is 10.7. The number of ether oxygens (including phenoxy) is 1. The number of carbonyl (C=O) groups is 2. The van der Waals surface area contributed by atoms with Crippen LogP contribution in [0, 0.1) is 10.1 Å². The zero-order valence-corrected chi connectivity index (χ0v) is 17.2. The Bertz CT molecular complexity index is 940. The average molecular weight is 432 g/mol. The molecule has 1 aliphatic rings. The SMILES string of the molecule is CCOC(=O)N1CCC(Nc2cc(C(=O)c3ccc(Cl)cc3)ccc2[N+](=O)[O-])CC1. The maximum atomic E-state index is 12.8. The molecule has 1 fully saturated rings. The smallest absolute Gasteiger partial charge is 0.409 e. The van der Waals surface area contributed by atoms with Crippen LogP contribution in [0.3, 0.4) is 0 Å². The summed E-state index contributed by atoms with van der Waals surface area (Å²) >= 11 is 5.87. The van der Waals surface area contributed by atoms with Gasteiger partial charge in [0.05, 0.1) is 11.5 Å². The Kier molecular flexibility index (Phi) is 6.89. The molecule has 0 radical (unpaired) electrons. The van der Waals surface area contributed by atoms with Crippen molar-refractivity contribution in [2.45, 2.75) is 25.8 Å². The normalized spacial score (nSPS) is 14.3. The molecule has 8 nitrogen and oxygen atoms in total. The molecular weight excluding hydrogens is 410 g/mol. The third-order valence-electron chi connectivity index (χ3n) is 4.94. The summed E-state index contributed by atoms with van der Waals surface area (Å²) in [4.78, 5) is 37.2. The van der Waals surface area contributed by atoms with Crippen molar-refractivity contribution in [1.29, 1.82) is 0 Å². The quantitative estimate of drug-likeness (QED) is 0.410. The number of nitro benzene ring substituents is 1. The number of piperidine rings is 1. The van der Waals surface area contributed by atoms with Crippen molar-refractivity contribution in [3.05, 3.63) is 68.7 Å². The lowest BCUT2D eigenvalue weighted by Crippen LogP contribution is -2.42. The van der Waals surface area contributed by atoms with Crippen LogP contribution in [-0.4, -0.2) is 47.4 Å². The van der Waals surface area contributed by atoms with Crippen LogP contribution in [0.25, 0.3) is 0 Å². The first-order chi connectivity index (χ1) is 14.4. The largest absolute Gasteiger partial charge is 0.450 e. The Hall–Kier alpha value is -3.13. The van der Waals surface area contributed by atoms with Gasteiger partial charge in [0, 0.05) is 41.3 Å². The lowest BCUT2D eigenvalue weighted by atomic mass is 10.0. The molecule has 0 bridgehead atoms. The van der Waals surface area contributed by atoms with E-state index in [1.54, 1.807) is 36.1 Å². The molecule has 3 rings (SSSR count). The number of rotatable bonds is 6. The Morgan fingerprint density at radius 1 is 1.17 bits per heavy atom. The lowest BCUT2D eigenvalue weighted by Gasteiger charge is -2.32. The summed E-state index contributed by atoms with van der Waals surface area (Å²) in [5.74, 6) is -0.248. The van der Waals surface area contributed by atoms with Gasteiger partial charge in [0.15, 0.2) is 5.78 Å². The van der Waals surface area contributed by atoms with Gasteiger partial charge < -0.3 is 15.0 Å². The van der Waals surface area contributed by atoms with Gasteiger partial charge in [-0.2, -0.15) is 0 Å². The molecule has 2 aromatic carbocycles. The van der Waals surface area contributed by atoms with Gasteiger partial charge in [-0.1, -0.05) is 11.6 Å². The van der Waals surface area contributed by atoms with E-state index < -0.39 is 4.92 Å². The number of nitrogens with one attached hydrogen (secondary N) is 1. The van der Waals surface area contributed by atoms with Crippen molar-refractivity contribution in [3.8, 4) is 0 Å². The molecule has 158 valence electrons. The molecule has 1 aliphatic heterocycles. The van der Waals surface area contributed by atoms with Crippen LogP contribution in [0.5, 0.6) is 0 Å². The molecule has 1 saturated heterocycles. The molecule has 1 heterocycles. The van der Waals surface area contributed by atoms with E-state index in [4.69, 9.17) is 16.3 Å². The molecule has 9 heteroatoms. The number of amides is 1. The maximum Gasteiger partial charge on any atom is 0.409 e. The van der Waals surface area contributed by atoms with E-state index in [9.17, 15) is 19.7 Å². The van der Waals surface area contributed by atoms with Gasteiger partial charge in [-0.05, 0) is 56.2 Å². The van der Waals surface area contributed by atoms with Gasteiger partial charge in [0.25, 0.3) is 5.69 Å². The fourth-order valence-corrected chi connectivity index (χ4v) is 3.49. The number of carbonyl (C=O) groups excluding carboxylic acids is 2. The predicted octanol–water partition coefficient (Wildman–Crippen LogP) is 4.51. The number of hydrogen-bond donors (Lipinski definition) is 1. The predicted molar refractivity (Wildman–Crippen MR) is 113 cm³/mol. The number of hydrogen-bond acceptors (Lipinski definition) is 6. The third kappa shape index (κ3) is 5.07. The molecule has 1 N–H and O–H groups in total. The van der Waals surface area contributed by atoms with Gasteiger partial charge in [-0.25, -0.2) is 4.79 Å². The number of likely N-dealkylation sites (tertiary alicyclic amines) is 1. The van der Waals surface area contributed by atoms with Crippen molar-refractivity contribution in [2.75, 3.05) is 25.0 Å². The highest BCUT2D eigenvalue weighted by Gasteiger charge is 2.26. The summed E-state index contributed by atoms with van der Waals surface area (Å²) in [5.41, 5.74) is 0.973. The van der Waals surface area contributed by atoms with Crippen LogP contribution in [0.15, 0.2) is 42.5 Å². The second-order valence-electron chi connectivity index (χ2n) is 6.93. The monoisotopic (exact) mass is 431 g/mol. The van der Waals surface area contributed by atoms with Crippen molar-refractivity contribution in [2.24, 2.45) is 0 Å². The number of halogens is 1. The minimum Gasteiger partial charge on any atom is -0.450 e. The molecule has 30 heavy (non-hydrogen) atoms. The average Bonchev–Trinajstić information content (AvgIpc) is 2.74. The van der Waals surface area contributed by atoms with Gasteiger partial charge in [-0.15, -0.1) is 0 Å². The molecule has 2 aromatic rings. The number of nitrogens with zero attached hydrogens (tertiary/aromatic N) is 2. The number of anilines is 1. The Morgan fingerprint density at radius 3 is 2.40 bits per heavy atom. The summed E-state index contributed by atoms with van der Waals surface area (Å²) in [5, 5.41) is 15.2. The maximum absolute atomic E-state index is 12.8. The second-order valence-corrected chi connectivity index (χ2v) is 7.37. The zero-order chi connectivity index (χ0) is 21.7. The van der Waals surface area contributed by atoms with Crippen LogP contribution in [-0.2, 0) is 4.74 Å². The van der Waals surface area contributed by atoms with Crippen molar-refractivity contribution in [3.63, 3.8) is 0 Å². The molecule has 0 aromatic heterocycles. The highest BCUT2D eigenvalue weighted by atomic mass is 35.5. The summed E-state index contributed by atoms with van der Waals surface area (Å²) in [6.45, 7) is 3.06. The standard InChI is InChI=1S/C21H22ClN3O5/c1-2-30-21(27)24-11-9-17(10-12-24)23-18-13-15(5-8-19(18)25(28)29)20(26)14-3-6-16(22)7-4-14/h3-8,13,17,23H,2,9-12H2,1H3. The highest BCUT2D eigenvalue weighted by Crippen LogP contribution is 2.29. The van der Waals surface area contributed by atoms with Gasteiger partial charge in [0.1, 0.15) is 5.69 Å². The van der Waals surface area contributed by atoms with E-state index in [0.717, 1.165) is 0 Å². The van der Waals surface area contributed by atoms with E-state index in [1.165, 1.54) is 18.2 Å². The van der Waals surface area contributed by atoms with Crippen LogP contribution < -0.4 is 5.32 Å².